The molecule has 1 aliphatic heterocycles. The van der Waals surface area contributed by atoms with Crippen molar-refractivity contribution in [2.24, 2.45) is 7.05 Å². The topological polar surface area (TPSA) is 58.9 Å². The van der Waals surface area contributed by atoms with Crippen molar-refractivity contribution >= 4 is 16.9 Å². The summed E-state index contributed by atoms with van der Waals surface area (Å²) in [5, 5.41) is 8.36. The van der Waals surface area contributed by atoms with Crippen LogP contribution in [0.3, 0.4) is 0 Å². The van der Waals surface area contributed by atoms with Gasteiger partial charge in [0.25, 0.3) is 0 Å². The monoisotopic (exact) mass is 260 g/mol. The van der Waals surface area contributed by atoms with Crippen LogP contribution in [0.4, 0.5) is 5.82 Å². The third-order valence-corrected chi connectivity index (χ3v) is 3.91. The van der Waals surface area contributed by atoms with E-state index in [1.165, 1.54) is 12.8 Å². The summed E-state index contributed by atoms with van der Waals surface area (Å²) in [7, 11) is 3.80. The summed E-state index contributed by atoms with van der Waals surface area (Å²) in [5.41, 5.74) is 0.890. The Labute approximate surface area is 112 Å². The molecule has 3 heterocycles. The van der Waals surface area contributed by atoms with Gasteiger partial charge in [0.2, 0.25) is 0 Å². The summed E-state index contributed by atoms with van der Waals surface area (Å²) in [4.78, 5) is 11.7. The number of aryl methyl sites for hydroxylation is 1. The molecule has 1 fully saturated rings. The number of aromatic nitrogens is 4. The summed E-state index contributed by atoms with van der Waals surface area (Å²) in [6.45, 7) is 4.23. The molecule has 1 N–H and O–H groups in total. The summed E-state index contributed by atoms with van der Waals surface area (Å²) in [6, 6.07) is 0.629. The first-order chi connectivity index (χ1) is 9.19. The minimum Gasteiger partial charge on any atom is -0.372 e. The minimum atomic E-state index is 0.629. The van der Waals surface area contributed by atoms with Crippen molar-refractivity contribution < 1.29 is 0 Å². The molecule has 1 aliphatic rings. The van der Waals surface area contributed by atoms with Gasteiger partial charge in [0.05, 0.1) is 18.1 Å². The second kappa shape index (κ2) is 4.77. The highest BCUT2D eigenvalue weighted by Gasteiger charge is 2.22. The van der Waals surface area contributed by atoms with Gasteiger partial charge in [-0.05, 0) is 26.3 Å². The standard InChI is InChI=1S/C13H20N6/c1-9-5-4-6-19(9)8-11-16-12(14-2)10-7-15-18(3)13(10)17-11/h7,9H,4-6,8H2,1-3H3,(H,14,16,17). The van der Waals surface area contributed by atoms with E-state index >= 15 is 0 Å². The van der Waals surface area contributed by atoms with E-state index in [4.69, 9.17) is 0 Å². The van der Waals surface area contributed by atoms with E-state index in [2.05, 4.69) is 32.2 Å². The van der Waals surface area contributed by atoms with Crippen LogP contribution in [-0.4, -0.2) is 44.3 Å². The largest absolute Gasteiger partial charge is 0.372 e. The van der Waals surface area contributed by atoms with Gasteiger partial charge in [0.15, 0.2) is 5.65 Å². The SMILES string of the molecule is CNc1nc(CN2CCCC2C)nc2c1cnn2C. The molecule has 1 saturated heterocycles. The first-order valence-electron chi connectivity index (χ1n) is 6.79. The smallest absolute Gasteiger partial charge is 0.163 e. The van der Waals surface area contributed by atoms with Crippen LogP contribution < -0.4 is 5.32 Å². The van der Waals surface area contributed by atoms with E-state index in [1.54, 1.807) is 4.68 Å². The van der Waals surface area contributed by atoms with Crippen molar-refractivity contribution in [2.45, 2.75) is 32.4 Å². The van der Waals surface area contributed by atoms with Crippen LogP contribution in [-0.2, 0) is 13.6 Å². The Kier molecular flexibility index (Phi) is 3.10. The van der Waals surface area contributed by atoms with Crippen LogP contribution in [0.25, 0.3) is 11.0 Å². The average Bonchev–Trinajstić information content (AvgIpc) is 2.97. The normalized spacial score (nSPS) is 20.3. The molecule has 0 aliphatic carbocycles. The van der Waals surface area contributed by atoms with E-state index in [9.17, 15) is 0 Å². The third-order valence-electron chi connectivity index (χ3n) is 3.91. The highest BCUT2D eigenvalue weighted by molar-refractivity contribution is 5.86. The number of nitrogens with one attached hydrogen (secondary N) is 1. The van der Waals surface area contributed by atoms with Crippen LogP contribution in [0.2, 0.25) is 0 Å². The van der Waals surface area contributed by atoms with Gasteiger partial charge in [-0.3, -0.25) is 9.58 Å². The Morgan fingerprint density at radius 1 is 1.42 bits per heavy atom. The Hall–Kier alpha value is -1.69. The van der Waals surface area contributed by atoms with Gasteiger partial charge >= 0.3 is 0 Å². The number of anilines is 1. The molecule has 0 amide bonds. The quantitative estimate of drug-likeness (QED) is 0.903. The molecule has 0 radical (unpaired) electrons. The highest BCUT2D eigenvalue weighted by Crippen LogP contribution is 2.22. The van der Waals surface area contributed by atoms with Crippen LogP contribution in [0.1, 0.15) is 25.6 Å². The predicted molar refractivity (Wildman–Crippen MR) is 75.0 cm³/mol. The molecule has 19 heavy (non-hydrogen) atoms. The molecule has 6 heteroatoms. The second-order valence-electron chi connectivity index (χ2n) is 5.21. The third kappa shape index (κ3) is 2.16. The van der Waals surface area contributed by atoms with Gasteiger partial charge in [-0.2, -0.15) is 5.10 Å². The molecular formula is C13H20N6. The fourth-order valence-electron chi connectivity index (χ4n) is 2.74. The fourth-order valence-corrected chi connectivity index (χ4v) is 2.74. The number of hydrogen-bond donors (Lipinski definition) is 1. The van der Waals surface area contributed by atoms with Crippen LogP contribution >= 0.6 is 0 Å². The average molecular weight is 260 g/mol. The summed E-state index contributed by atoms with van der Waals surface area (Å²) < 4.78 is 1.80. The number of hydrogen-bond acceptors (Lipinski definition) is 5. The molecule has 1 unspecified atom stereocenters. The molecule has 2 aromatic heterocycles. The lowest BCUT2D eigenvalue weighted by molar-refractivity contribution is 0.254. The molecule has 2 aromatic rings. The lowest BCUT2D eigenvalue weighted by Gasteiger charge is -2.20. The van der Waals surface area contributed by atoms with Crippen molar-refractivity contribution in [3.63, 3.8) is 0 Å². The zero-order valence-electron chi connectivity index (χ0n) is 11.7. The van der Waals surface area contributed by atoms with Crippen molar-refractivity contribution in [1.82, 2.24) is 24.6 Å². The summed E-state index contributed by atoms with van der Waals surface area (Å²) in [5.74, 6) is 1.73. The molecular weight excluding hydrogens is 240 g/mol. The van der Waals surface area contributed by atoms with Gasteiger partial charge in [-0.1, -0.05) is 0 Å². The molecule has 0 aromatic carbocycles. The maximum atomic E-state index is 4.65. The molecule has 3 rings (SSSR count). The van der Waals surface area contributed by atoms with Crippen LogP contribution in [0, 0.1) is 0 Å². The Morgan fingerprint density at radius 3 is 2.95 bits per heavy atom. The molecule has 102 valence electrons. The number of fused-ring (bicyclic) bond motifs is 1. The van der Waals surface area contributed by atoms with Crippen LogP contribution in [0.5, 0.6) is 0 Å². The fraction of sp³-hybridized carbons (Fsp3) is 0.615. The minimum absolute atomic E-state index is 0.629. The highest BCUT2D eigenvalue weighted by atomic mass is 15.3. The van der Waals surface area contributed by atoms with E-state index in [1.807, 2.05) is 20.3 Å². The maximum Gasteiger partial charge on any atom is 0.163 e. The van der Waals surface area contributed by atoms with E-state index in [0.29, 0.717) is 6.04 Å². The van der Waals surface area contributed by atoms with Crippen molar-refractivity contribution in [1.29, 1.82) is 0 Å². The van der Waals surface area contributed by atoms with E-state index in [-0.39, 0.29) is 0 Å². The molecule has 0 saturated carbocycles. The lowest BCUT2D eigenvalue weighted by Crippen LogP contribution is -2.27. The van der Waals surface area contributed by atoms with Gasteiger partial charge in [0.1, 0.15) is 11.6 Å². The lowest BCUT2D eigenvalue weighted by atomic mass is 10.2. The molecule has 6 nitrogen and oxygen atoms in total. The van der Waals surface area contributed by atoms with Crippen LogP contribution in [0.15, 0.2) is 6.20 Å². The van der Waals surface area contributed by atoms with Crippen molar-refractivity contribution in [3.8, 4) is 0 Å². The Bertz CT molecular complexity index is 590. The number of nitrogens with zero attached hydrogens (tertiary/aromatic N) is 5. The molecule has 1 atom stereocenters. The number of likely N-dealkylation sites (tertiary alicyclic amines) is 1. The zero-order valence-corrected chi connectivity index (χ0v) is 11.7. The molecule has 0 spiro atoms. The predicted octanol–water partition coefficient (Wildman–Crippen LogP) is 1.39. The summed E-state index contributed by atoms with van der Waals surface area (Å²) >= 11 is 0. The van der Waals surface area contributed by atoms with Gasteiger partial charge in [-0.15, -0.1) is 0 Å². The Balaban J connectivity index is 1.97. The first kappa shape index (κ1) is 12.3. The van der Waals surface area contributed by atoms with Crippen molar-refractivity contribution in [2.75, 3.05) is 18.9 Å². The van der Waals surface area contributed by atoms with Gasteiger partial charge in [0, 0.05) is 20.1 Å². The van der Waals surface area contributed by atoms with E-state index < -0.39 is 0 Å². The zero-order chi connectivity index (χ0) is 13.4. The van der Waals surface area contributed by atoms with Crippen molar-refractivity contribution in [3.05, 3.63) is 12.0 Å². The maximum absolute atomic E-state index is 4.65. The second-order valence-corrected chi connectivity index (χ2v) is 5.21. The first-order valence-corrected chi connectivity index (χ1v) is 6.79. The number of rotatable bonds is 3. The van der Waals surface area contributed by atoms with Gasteiger partial charge in [-0.25, -0.2) is 9.97 Å². The summed E-state index contributed by atoms with van der Waals surface area (Å²) in [6.07, 6.45) is 4.35. The van der Waals surface area contributed by atoms with Gasteiger partial charge < -0.3 is 5.32 Å². The van der Waals surface area contributed by atoms with E-state index in [0.717, 1.165) is 35.8 Å². The molecule has 0 bridgehead atoms. The Morgan fingerprint density at radius 2 is 2.26 bits per heavy atom.